The minimum atomic E-state index is -0.179. The van der Waals surface area contributed by atoms with Crippen LogP contribution in [0.15, 0.2) is 18.2 Å². The molecule has 1 rings (SSSR count). The summed E-state index contributed by atoms with van der Waals surface area (Å²) in [6.45, 7) is 6.85. The molecule has 4 nitrogen and oxygen atoms in total. The number of carbonyl (C=O) groups is 1. The zero-order valence-electron chi connectivity index (χ0n) is 12.7. The molecule has 4 heteroatoms. The number of nitrogens with one attached hydrogen (secondary N) is 2. The first kappa shape index (κ1) is 16.5. The number of urea groups is 1. The summed E-state index contributed by atoms with van der Waals surface area (Å²) in [5, 5.41) is 14.8. The number of hydrogen-bond donors (Lipinski definition) is 3. The Hall–Kier alpha value is -1.55. The summed E-state index contributed by atoms with van der Waals surface area (Å²) in [5.41, 5.74) is 2.99. The quantitative estimate of drug-likeness (QED) is 0.717. The van der Waals surface area contributed by atoms with Gasteiger partial charge in [0, 0.05) is 18.8 Å². The second-order valence-corrected chi connectivity index (χ2v) is 5.27. The Bertz CT molecular complexity index is 406. The maximum Gasteiger partial charge on any atom is 0.319 e. The van der Waals surface area contributed by atoms with E-state index in [0.29, 0.717) is 12.5 Å². The first-order chi connectivity index (χ1) is 9.58. The fraction of sp³-hybridized carbons (Fsp3) is 0.562. The van der Waals surface area contributed by atoms with Gasteiger partial charge in [-0.15, -0.1) is 0 Å². The monoisotopic (exact) mass is 278 g/mol. The molecule has 0 spiro atoms. The summed E-state index contributed by atoms with van der Waals surface area (Å²) in [5.74, 6) is 0.341. The van der Waals surface area contributed by atoms with Gasteiger partial charge in [0.05, 0.1) is 0 Å². The fourth-order valence-corrected chi connectivity index (χ4v) is 2.35. The molecule has 0 aliphatic heterocycles. The molecule has 0 bridgehead atoms. The largest absolute Gasteiger partial charge is 0.396 e. The van der Waals surface area contributed by atoms with Crippen molar-refractivity contribution in [3.63, 3.8) is 0 Å². The van der Waals surface area contributed by atoms with Crippen molar-refractivity contribution >= 4 is 11.7 Å². The van der Waals surface area contributed by atoms with E-state index < -0.39 is 0 Å². The molecular weight excluding hydrogens is 252 g/mol. The number of para-hydroxylation sites is 1. The standard InChI is InChI=1S/C16H26N2O2/c1-4-6-14(9-10-19)11-17-16(20)18-15-12(2)7-5-8-13(15)3/h5,7-8,14,19H,4,6,9-11H2,1-3H3,(H2,17,18,20). The number of amides is 2. The number of hydrogen-bond acceptors (Lipinski definition) is 2. The van der Waals surface area contributed by atoms with Crippen molar-refractivity contribution in [1.29, 1.82) is 0 Å². The van der Waals surface area contributed by atoms with E-state index in [4.69, 9.17) is 5.11 Å². The van der Waals surface area contributed by atoms with Crippen LogP contribution in [-0.4, -0.2) is 24.3 Å². The highest BCUT2D eigenvalue weighted by Gasteiger charge is 2.10. The molecule has 1 aromatic carbocycles. The minimum Gasteiger partial charge on any atom is -0.396 e. The van der Waals surface area contributed by atoms with Crippen LogP contribution < -0.4 is 10.6 Å². The van der Waals surface area contributed by atoms with Crippen molar-refractivity contribution in [3.05, 3.63) is 29.3 Å². The summed E-state index contributed by atoms with van der Waals surface area (Å²) in [6.07, 6.45) is 2.81. The Kier molecular flexibility index (Phi) is 7.09. The van der Waals surface area contributed by atoms with E-state index in [1.54, 1.807) is 0 Å². The summed E-state index contributed by atoms with van der Waals surface area (Å²) >= 11 is 0. The second kappa shape index (κ2) is 8.59. The first-order valence-electron chi connectivity index (χ1n) is 7.30. The van der Waals surface area contributed by atoms with Gasteiger partial charge in [-0.1, -0.05) is 31.5 Å². The van der Waals surface area contributed by atoms with Crippen molar-refractivity contribution in [2.24, 2.45) is 5.92 Å². The van der Waals surface area contributed by atoms with Crippen LogP contribution in [0.25, 0.3) is 0 Å². The Labute approximate surface area is 121 Å². The van der Waals surface area contributed by atoms with Gasteiger partial charge in [0.2, 0.25) is 0 Å². The molecule has 0 radical (unpaired) electrons. The van der Waals surface area contributed by atoms with E-state index in [0.717, 1.165) is 36.1 Å². The average Bonchev–Trinajstić information content (AvgIpc) is 2.41. The third-order valence-electron chi connectivity index (χ3n) is 3.51. The van der Waals surface area contributed by atoms with Gasteiger partial charge in [0.25, 0.3) is 0 Å². The van der Waals surface area contributed by atoms with Crippen molar-refractivity contribution in [2.45, 2.75) is 40.0 Å². The lowest BCUT2D eigenvalue weighted by molar-refractivity contribution is 0.236. The van der Waals surface area contributed by atoms with Crippen LogP contribution in [-0.2, 0) is 0 Å². The lowest BCUT2D eigenvalue weighted by Gasteiger charge is -2.17. The SMILES string of the molecule is CCCC(CCO)CNC(=O)Nc1c(C)cccc1C. The summed E-state index contributed by atoms with van der Waals surface area (Å²) in [6, 6.07) is 5.76. The van der Waals surface area contributed by atoms with Gasteiger partial charge in [-0.05, 0) is 43.7 Å². The lowest BCUT2D eigenvalue weighted by Crippen LogP contribution is -2.33. The van der Waals surface area contributed by atoms with Crippen molar-refractivity contribution in [3.8, 4) is 0 Å². The molecule has 1 atom stereocenters. The van der Waals surface area contributed by atoms with Gasteiger partial charge >= 0.3 is 6.03 Å². The maximum atomic E-state index is 11.9. The van der Waals surface area contributed by atoms with Crippen LogP contribution in [0.5, 0.6) is 0 Å². The molecule has 0 saturated carbocycles. The van der Waals surface area contributed by atoms with Crippen molar-refractivity contribution in [1.82, 2.24) is 5.32 Å². The molecule has 1 aromatic rings. The van der Waals surface area contributed by atoms with E-state index in [2.05, 4.69) is 17.6 Å². The van der Waals surface area contributed by atoms with Crippen LogP contribution in [0, 0.1) is 19.8 Å². The zero-order valence-corrected chi connectivity index (χ0v) is 12.7. The first-order valence-corrected chi connectivity index (χ1v) is 7.30. The Morgan fingerprint density at radius 1 is 1.25 bits per heavy atom. The Morgan fingerprint density at radius 3 is 2.45 bits per heavy atom. The fourth-order valence-electron chi connectivity index (χ4n) is 2.35. The molecule has 3 N–H and O–H groups in total. The molecule has 0 aromatic heterocycles. The normalized spacial score (nSPS) is 12.0. The van der Waals surface area contributed by atoms with Gasteiger partial charge in [0.1, 0.15) is 0 Å². The Balaban J connectivity index is 2.51. The summed E-state index contributed by atoms with van der Waals surface area (Å²) < 4.78 is 0. The smallest absolute Gasteiger partial charge is 0.319 e. The molecule has 0 heterocycles. The van der Waals surface area contributed by atoms with Gasteiger partial charge in [0.15, 0.2) is 0 Å². The van der Waals surface area contributed by atoms with E-state index in [1.807, 2.05) is 32.0 Å². The number of anilines is 1. The van der Waals surface area contributed by atoms with Crippen LogP contribution >= 0.6 is 0 Å². The summed E-state index contributed by atoms with van der Waals surface area (Å²) in [4.78, 5) is 11.9. The molecule has 20 heavy (non-hydrogen) atoms. The van der Waals surface area contributed by atoms with Gasteiger partial charge in [-0.25, -0.2) is 4.79 Å². The maximum absolute atomic E-state index is 11.9. The molecule has 0 fully saturated rings. The van der Waals surface area contributed by atoms with Crippen LogP contribution in [0.1, 0.15) is 37.3 Å². The van der Waals surface area contributed by atoms with Crippen molar-refractivity contribution < 1.29 is 9.90 Å². The minimum absolute atomic E-state index is 0.171. The summed E-state index contributed by atoms with van der Waals surface area (Å²) in [7, 11) is 0. The zero-order chi connectivity index (χ0) is 15.0. The third-order valence-corrected chi connectivity index (χ3v) is 3.51. The molecule has 0 saturated heterocycles. The number of benzene rings is 1. The van der Waals surface area contributed by atoms with E-state index >= 15 is 0 Å². The number of rotatable bonds is 7. The predicted molar refractivity (Wildman–Crippen MR) is 83.0 cm³/mol. The highest BCUT2D eigenvalue weighted by Crippen LogP contribution is 2.19. The van der Waals surface area contributed by atoms with Crippen LogP contribution in [0.4, 0.5) is 10.5 Å². The molecule has 1 unspecified atom stereocenters. The average molecular weight is 278 g/mol. The van der Waals surface area contributed by atoms with E-state index in [9.17, 15) is 4.79 Å². The lowest BCUT2D eigenvalue weighted by atomic mass is 10.0. The van der Waals surface area contributed by atoms with Gasteiger partial charge in [-0.3, -0.25) is 0 Å². The van der Waals surface area contributed by atoms with Crippen molar-refractivity contribution in [2.75, 3.05) is 18.5 Å². The molecule has 112 valence electrons. The van der Waals surface area contributed by atoms with E-state index in [1.165, 1.54) is 0 Å². The number of carbonyl (C=O) groups excluding carboxylic acids is 1. The number of aliphatic hydroxyl groups is 1. The second-order valence-electron chi connectivity index (χ2n) is 5.27. The molecule has 0 aliphatic carbocycles. The molecular formula is C16H26N2O2. The Morgan fingerprint density at radius 2 is 1.90 bits per heavy atom. The highest BCUT2D eigenvalue weighted by molar-refractivity contribution is 5.90. The van der Waals surface area contributed by atoms with E-state index in [-0.39, 0.29) is 12.6 Å². The molecule has 0 aliphatic rings. The molecule has 2 amide bonds. The topological polar surface area (TPSA) is 61.4 Å². The van der Waals surface area contributed by atoms with Crippen LogP contribution in [0.2, 0.25) is 0 Å². The third kappa shape index (κ3) is 5.21. The van der Waals surface area contributed by atoms with Gasteiger partial charge < -0.3 is 15.7 Å². The number of aliphatic hydroxyl groups excluding tert-OH is 1. The van der Waals surface area contributed by atoms with Crippen LogP contribution in [0.3, 0.4) is 0 Å². The van der Waals surface area contributed by atoms with Gasteiger partial charge in [-0.2, -0.15) is 0 Å². The predicted octanol–water partition coefficient (Wildman–Crippen LogP) is 3.22. The number of aryl methyl sites for hydroxylation is 2. The highest BCUT2D eigenvalue weighted by atomic mass is 16.3.